The SMILES string of the molecule is CNCc1cn(C(C)(C)C)nc1-c1ccc(C(C)C)cc1. The summed E-state index contributed by atoms with van der Waals surface area (Å²) >= 11 is 0. The maximum absolute atomic E-state index is 4.82. The Morgan fingerprint density at radius 3 is 2.24 bits per heavy atom. The number of benzene rings is 1. The van der Waals surface area contributed by atoms with Crippen LogP contribution in [0.5, 0.6) is 0 Å². The van der Waals surface area contributed by atoms with Crippen LogP contribution in [0.1, 0.15) is 51.7 Å². The van der Waals surface area contributed by atoms with Crippen LogP contribution in [0.15, 0.2) is 30.5 Å². The molecule has 1 heterocycles. The standard InChI is InChI=1S/C18H27N3/c1-13(2)14-7-9-15(10-8-14)17-16(11-19-6)12-21(20-17)18(3,4)5/h7-10,12-13,19H,11H2,1-6H3. The highest BCUT2D eigenvalue weighted by molar-refractivity contribution is 5.63. The molecule has 3 heteroatoms. The minimum Gasteiger partial charge on any atom is -0.316 e. The van der Waals surface area contributed by atoms with Crippen molar-refractivity contribution in [2.45, 2.75) is 52.6 Å². The number of nitrogens with one attached hydrogen (secondary N) is 1. The third kappa shape index (κ3) is 3.53. The van der Waals surface area contributed by atoms with E-state index in [1.807, 2.05) is 7.05 Å². The van der Waals surface area contributed by atoms with Crippen molar-refractivity contribution >= 4 is 0 Å². The normalized spacial score (nSPS) is 12.1. The number of aromatic nitrogens is 2. The second-order valence-electron chi connectivity index (χ2n) is 6.93. The molecule has 0 saturated carbocycles. The van der Waals surface area contributed by atoms with E-state index in [4.69, 9.17) is 5.10 Å². The lowest BCUT2D eigenvalue weighted by Crippen LogP contribution is -2.22. The van der Waals surface area contributed by atoms with Crippen LogP contribution in [0.3, 0.4) is 0 Å². The minimum absolute atomic E-state index is 0.00137. The van der Waals surface area contributed by atoms with E-state index in [0.717, 1.165) is 12.2 Å². The van der Waals surface area contributed by atoms with Crippen LogP contribution in [0, 0.1) is 0 Å². The molecule has 0 aliphatic rings. The van der Waals surface area contributed by atoms with Crippen molar-refractivity contribution < 1.29 is 0 Å². The maximum Gasteiger partial charge on any atom is 0.0968 e. The number of rotatable bonds is 4. The summed E-state index contributed by atoms with van der Waals surface area (Å²) in [5.41, 5.74) is 4.87. The molecule has 0 radical (unpaired) electrons. The average Bonchev–Trinajstić information content (AvgIpc) is 2.83. The number of hydrogen-bond acceptors (Lipinski definition) is 2. The molecular weight excluding hydrogens is 258 g/mol. The van der Waals surface area contributed by atoms with Gasteiger partial charge in [-0.3, -0.25) is 4.68 Å². The van der Waals surface area contributed by atoms with E-state index in [9.17, 15) is 0 Å². The zero-order chi connectivity index (χ0) is 15.6. The molecule has 0 atom stereocenters. The Balaban J connectivity index is 2.43. The summed E-state index contributed by atoms with van der Waals surface area (Å²) in [6.45, 7) is 11.8. The van der Waals surface area contributed by atoms with Crippen molar-refractivity contribution in [3.8, 4) is 11.3 Å². The quantitative estimate of drug-likeness (QED) is 0.914. The van der Waals surface area contributed by atoms with Gasteiger partial charge >= 0.3 is 0 Å². The van der Waals surface area contributed by atoms with Gasteiger partial charge in [0, 0.05) is 23.9 Å². The molecule has 0 spiro atoms. The van der Waals surface area contributed by atoms with Crippen LogP contribution in [-0.4, -0.2) is 16.8 Å². The topological polar surface area (TPSA) is 29.9 Å². The van der Waals surface area contributed by atoms with Gasteiger partial charge < -0.3 is 5.32 Å². The summed E-state index contributed by atoms with van der Waals surface area (Å²) in [4.78, 5) is 0. The van der Waals surface area contributed by atoms with E-state index in [-0.39, 0.29) is 5.54 Å². The zero-order valence-electron chi connectivity index (χ0n) is 14.1. The second-order valence-corrected chi connectivity index (χ2v) is 6.93. The minimum atomic E-state index is -0.00137. The maximum atomic E-state index is 4.82. The molecule has 3 nitrogen and oxygen atoms in total. The van der Waals surface area contributed by atoms with E-state index < -0.39 is 0 Å². The van der Waals surface area contributed by atoms with Gasteiger partial charge in [-0.15, -0.1) is 0 Å². The predicted molar refractivity (Wildman–Crippen MR) is 89.5 cm³/mol. The molecule has 0 saturated heterocycles. The molecule has 1 N–H and O–H groups in total. The highest BCUT2D eigenvalue weighted by atomic mass is 15.3. The fourth-order valence-electron chi connectivity index (χ4n) is 2.34. The predicted octanol–water partition coefficient (Wildman–Crippen LogP) is 4.15. The van der Waals surface area contributed by atoms with Crippen LogP contribution in [0.4, 0.5) is 0 Å². The Kier molecular flexibility index (Phi) is 4.52. The Morgan fingerprint density at radius 1 is 1.14 bits per heavy atom. The molecule has 0 amide bonds. The van der Waals surface area contributed by atoms with E-state index in [1.54, 1.807) is 0 Å². The Labute approximate surface area is 128 Å². The van der Waals surface area contributed by atoms with Gasteiger partial charge in [-0.05, 0) is 39.3 Å². The molecule has 0 bridgehead atoms. The van der Waals surface area contributed by atoms with Crippen LogP contribution in [-0.2, 0) is 12.1 Å². The van der Waals surface area contributed by atoms with Crippen molar-refractivity contribution in [2.75, 3.05) is 7.05 Å². The lowest BCUT2D eigenvalue weighted by molar-refractivity contribution is 0.356. The zero-order valence-corrected chi connectivity index (χ0v) is 14.1. The third-order valence-corrected chi connectivity index (χ3v) is 3.70. The Bertz CT molecular complexity index is 586. The number of hydrogen-bond donors (Lipinski definition) is 1. The van der Waals surface area contributed by atoms with E-state index in [0.29, 0.717) is 5.92 Å². The molecule has 21 heavy (non-hydrogen) atoms. The summed E-state index contributed by atoms with van der Waals surface area (Å²) in [7, 11) is 1.97. The summed E-state index contributed by atoms with van der Waals surface area (Å²) in [5.74, 6) is 0.558. The van der Waals surface area contributed by atoms with E-state index >= 15 is 0 Å². The summed E-state index contributed by atoms with van der Waals surface area (Å²) < 4.78 is 2.06. The fourth-order valence-corrected chi connectivity index (χ4v) is 2.34. The van der Waals surface area contributed by atoms with Crippen molar-refractivity contribution in [3.05, 3.63) is 41.6 Å². The van der Waals surface area contributed by atoms with Crippen LogP contribution < -0.4 is 5.32 Å². The molecule has 2 rings (SSSR count). The number of nitrogens with zero attached hydrogens (tertiary/aromatic N) is 2. The van der Waals surface area contributed by atoms with Crippen molar-refractivity contribution in [1.29, 1.82) is 0 Å². The highest BCUT2D eigenvalue weighted by Crippen LogP contribution is 2.26. The smallest absolute Gasteiger partial charge is 0.0968 e. The first-order valence-electron chi connectivity index (χ1n) is 7.67. The first kappa shape index (κ1) is 15.8. The Hall–Kier alpha value is -1.61. The van der Waals surface area contributed by atoms with Gasteiger partial charge in [0.25, 0.3) is 0 Å². The highest BCUT2D eigenvalue weighted by Gasteiger charge is 2.18. The first-order chi connectivity index (χ1) is 9.82. The van der Waals surface area contributed by atoms with Crippen LogP contribution in [0.25, 0.3) is 11.3 Å². The van der Waals surface area contributed by atoms with Gasteiger partial charge in [0.05, 0.1) is 11.2 Å². The summed E-state index contributed by atoms with van der Waals surface area (Å²) in [6, 6.07) is 8.78. The molecule has 1 aromatic carbocycles. The molecule has 114 valence electrons. The largest absolute Gasteiger partial charge is 0.316 e. The lowest BCUT2D eigenvalue weighted by Gasteiger charge is -2.18. The van der Waals surface area contributed by atoms with E-state index in [2.05, 4.69) is 75.1 Å². The average molecular weight is 285 g/mol. The van der Waals surface area contributed by atoms with Crippen molar-refractivity contribution in [2.24, 2.45) is 0 Å². The summed E-state index contributed by atoms with van der Waals surface area (Å²) in [5, 5.41) is 8.06. The monoisotopic (exact) mass is 285 g/mol. The third-order valence-electron chi connectivity index (χ3n) is 3.70. The molecule has 2 aromatic rings. The Morgan fingerprint density at radius 2 is 1.76 bits per heavy atom. The van der Waals surface area contributed by atoms with E-state index in [1.165, 1.54) is 16.7 Å². The van der Waals surface area contributed by atoms with Crippen LogP contribution in [0.2, 0.25) is 0 Å². The second kappa shape index (κ2) is 6.02. The van der Waals surface area contributed by atoms with Crippen molar-refractivity contribution in [1.82, 2.24) is 15.1 Å². The molecule has 0 fully saturated rings. The van der Waals surface area contributed by atoms with Gasteiger partial charge in [-0.2, -0.15) is 5.10 Å². The van der Waals surface area contributed by atoms with Gasteiger partial charge in [0.1, 0.15) is 0 Å². The molecule has 0 aliphatic heterocycles. The van der Waals surface area contributed by atoms with Crippen molar-refractivity contribution in [3.63, 3.8) is 0 Å². The first-order valence-corrected chi connectivity index (χ1v) is 7.67. The molecule has 1 aromatic heterocycles. The molecule has 0 aliphatic carbocycles. The van der Waals surface area contributed by atoms with Gasteiger partial charge in [-0.1, -0.05) is 38.1 Å². The van der Waals surface area contributed by atoms with Gasteiger partial charge in [-0.25, -0.2) is 0 Å². The fraction of sp³-hybridized carbons (Fsp3) is 0.500. The lowest BCUT2D eigenvalue weighted by atomic mass is 10.00. The summed E-state index contributed by atoms with van der Waals surface area (Å²) in [6.07, 6.45) is 2.15. The molecular formula is C18H27N3. The molecule has 0 unspecified atom stereocenters. The van der Waals surface area contributed by atoms with Crippen LogP contribution >= 0.6 is 0 Å². The van der Waals surface area contributed by atoms with Gasteiger partial charge in [0.15, 0.2) is 0 Å². The van der Waals surface area contributed by atoms with Gasteiger partial charge in [0.2, 0.25) is 0 Å².